The fourth-order valence-corrected chi connectivity index (χ4v) is 4.39. The number of hydrogen-bond donors (Lipinski definition) is 4. The molecule has 3 heterocycles. The Labute approximate surface area is 244 Å². The number of rotatable bonds is 4. The van der Waals surface area contributed by atoms with Gasteiger partial charge in [0, 0.05) is 36.7 Å². The van der Waals surface area contributed by atoms with Crippen LogP contribution >= 0.6 is 0 Å². The Bertz CT molecular complexity index is 1610. The predicted octanol–water partition coefficient (Wildman–Crippen LogP) is 4.40. The lowest BCUT2D eigenvalue weighted by Crippen LogP contribution is -2.21. The van der Waals surface area contributed by atoms with Crippen LogP contribution in [0.4, 0.5) is 26.3 Å². The van der Waals surface area contributed by atoms with Gasteiger partial charge in [-0.15, -0.1) is 0 Å². The van der Waals surface area contributed by atoms with Crippen LogP contribution in [0.3, 0.4) is 0 Å². The average molecular weight is 630 g/mol. The minimum Gasteiger partial charge on any atom is -0.497 e. The fraction of sp³-hybridized carbons (Fsp3) is 0.296. The van der Waals surface area contributed by atoms with Crippen LogP contribution in [0.1, 0.15) is 23.2 Å². The van der Waals surface area contributed by atoms with Crippen LogP contribution in [0.2, 0.25) is 0 Å². The number of nitrogens with zero attached hydrogens (tertiary/aromatic N) is 3. The number of likely N-dealkylation sites (N-methyl/N-ethyl adjacent to an activating group) is 1. The largest absolute Gasteiger partial charge is 0.497 e. The Balaban J connectivity index is 0.000000317. The number of hydrogen-bond acceptors (Lipinski definition) is 7. The van der Waals surface area contributed by atoms with E-state index in [1.165, 1.54) is 5.56 Å². The number of carboxylic acids is 2. The van der Waals surface area contributed by atoms with Gasteiger partial charge in [-0.05, 0) is 42.4 Å². The molecule has 17 heteroatoms. The number of likely N-dealkylation sites (tertiary alicyclic amines) is 1. The molecule has 236 valence electrons. The lowest BCUT2D eigenvalue weighted by molar-refractivity contribution is -0.193. The number of halogens is 6. The van der Waals surface area contributed by atoms with E-state index >= 15 is 0 Å². The van der Waals surface area contributed by atoms with E-state index in [1.807, 2.05) is 36.5 Å². The molecule has 0 aliphatic carbocycles. The van der Waals surface area contributed by atoms with Crippen LogP contribution in [-0.4, -0.2) is 86.8 Å². The molecule has 44 heavy (non-hydrogen) atoms. The number of methoxy groups -OCH3 is 1. The van der Waals surface area contributed by atoms with Crippen LogP contribution in [0.15, 0.2) is 59.7 Å². The third-order valence-corrected chi connectivity index (χ3v) is 6.44. The van der Waals surface area contributed by atoms with E-state index in [4.69, 9.17) is 29.5 Å². The second kappa shape index (κ2) is 13.6. The number of alkyl halides is 6. The second-order valence-corrected chi connectivity index (χ2v) is 9.48. The Morgan fingerprint density at radius 2 is 1.50 bits per heavy atom. The van der Waals surface area contributed by atoms with Gasteiger partial charge in [0.05, 0.1) is 24.2 Å². The van der Waals surface area contributed by atoms with Gasteiger partial charge in [0.25, 0.3) is 5.56 Å². The van der Waals surface area contributed by atoms with Gasteiger partial charge in [-0.25, -0.2) is 14.6 Å². The lowest BCUT2D eigenvalue weighted by atomic mass is 9.88. The zero-order valence-corrected chi connectivity index (χ0v) is 22.9. The highest BCUT2D eigenvalue weighted by Gasteiger charge is 2.39. The minimum absolute atomic E-state index is 0.108. The number of aromatic nitrogens is 4. The van der Waals surface area contributed by atoms with E-state index in [2.05, 4.69) is 39.3 Å². The third-order valence-electron chi connectivity index (χ3n) is 6.44. The van der Waals surface area contributed by atoms with Crippen LogP contribution in [0, 0.1) is 0 Å². The van der Waals surface area contributed by atoms with Crippen molar-refractivity contribution >= 4 is 22.8 Å². The van der Waals surface area contributed by atoms with Gasteiger partial charge in [-0.2, -0.15) is 31.4 Å². The number of benzene rings is 2. The molecule has 1 aliphatic rings. The topological polar surface area (TPSA) is 162 Å². The first kappa shape index (κ1) is 33.6. The molecule has 11 nitrogen and oxygen atoms in total. The first-order valence-electron chi connectivity index (χ1n) is 12.5. The molecule has 0 spiro atoms. The van der Waals surface area contributed by atoms with Gasteiger partial charge >= 0.3 is 24.3 Å². The third kappa shape index (κ3) is 8.56. The van der Waals surface area contributed by atoms with Crippen molar-refractivity contribution in [1.29, 1.82) is 0 Å². The Hall–Kier alpha value is -4.93. The minimum atomic E-state index is -5.08. The van der Waals surface area contributed by atoms with E-state index in [1.54, 1.807) is 13.3 Å². The van der Waals surface area contributed by atoms with Gasteiger partial charge in [0.2, 0.25) is 0 Å². The number of fused-ring (bicyclic) bond motifs is 1. The van der Waals surface area contributed by atoms with E-state index in [9.17, 15) is 31.1 Å². The van der Waals surface area contributed by atoms with Gasteiger partial charge in [-0.1, -0.05) is 18.2 Å². The summed E-state index contributed by atoms with van der Waals surface area (Å²) in [5, 5.41) is 21.6. The molecule has 0 saturated carbocycles. The first-order valence-corrected chi connectivity index (χ1v) is 12.5. The maximum atomic E-state index is 12.9. The van der Waals surface area contributed by atoms with Crippen LogP contribution in [0.5, 0.6) is 5.75 Å². The fourth-order valence-electron chi connectivity index (χ4n) is 4.39. The normalized spacial score (nSPS) is 16.8. The SMILES string of the molecule is COc1ccc([C@@H]2CN(C)C[C@H]2c2nc3ccc(-c4cn[nH]c4)cc3c(=O)[nH]2)cc1.O=C(O)C(F)(F)F.O=C(O)C(F)(F)F. The summed E-state index contributed by atoms with van der Waals surface area (Å²) < 4.78 is 68.8. The molecule has 4 aromatic rings. The van der Waals surface area contributed by atoms with Crippen molar-refractivity contribution in [1.82, 2.24) is 25.1 Å². The quantitative estimate of drug-likeness (QED) is 0.240. The molecule has 2 atom stereocenters. The van der Waals surface area contributed by atoms with Crippen molar-refractivity contribution < 1.29 is 50.9 Å². The summed E-state index contributed by atoms with van der Waals surface area (Å²) in [5.74, 6) is -3.55. The molecular formula is C27H25F6N5O6. The molecule has 0 bridgehead atoms. The molecule has 4 N–H and O–H groups in total. The highest BCUT2D eigenvalue weighted by Crippen LogP contribution is 2.38. The van der Waals surface area contributed by atoms with E-state index in [0.29, 0.717) is 10.9 Å². The molecule has 1 saturated heterocycles. The van der Waals surface area contributed by atoms with Crippen molar-refractivity contribution in [3.63, 3.8) is 0 Å². The molecule has 2 aromatic carbocycles. The number of carboxylic acid groups (broad SMARTS) is 2. The molecule has 1 fully saturated rings. The summed E-state index contributed by atoms with van der Waals surface area (Å²) in [4.78, 5) is 40.9. The van der Waals surface area contributed by atoms with E-state index in [-0.39, 0.29) is 17.4 Å². The molecule has 5 rings (SSSR count). The van der Waals surface area contributed by atoms with Crippen molar-refractivity contribution in [2.24, 2.45) is 0 Å². The number of aliphatic carboxylic acids is 2. The van der Waals surface area contributed by atoms with Gasteiger partial charge < -0.3 is 24.8 Å². The molecule has 2 aromatic heterocycles. The summed E-state index contributed by atoms with van der Waals surface area (Å²) >= 11 is 0. The van der Waals surface area contributed by atoms with E-state index < -0.39 is 24.3 Å². The zero-order chi connectivity index (χ0) is 32.8. The number of nitrogens with one attached hydrogen (secondary N) is 2. The molecule has 1 aliphatic heterocycles. The summed E-state index contributed by atoms with van der Waals surface area (Å²) in [7, 11) is 3.77. The average Bonchev–Trinajstić information content (AvgIpc) is 3.63. The standard InChI is InChI=1S/C23H23N5O2.2C2HF3O2/c1-28-12-19(14-3-6-17(30-2)7-4-14)20(13-28)22-26-21-8-5-15(16-10-24-25-11-16)9-18(21)23(29)27-22;2*3-2(4,5)1(6)7/h3-11,19-20H,12-13H2,1-2H3,(H,24,25)(H,26,27,29);2*(H,6,7)/t19-,20+;;/m0../s1. The molecular weight excluding hydrogens is 604 g/mol. The Morgan fingerprint density at radius 1 is 0.932 bits per heavy atom. The van der Waals surface area contributed by atoms with E-state index in [0.717, 1.165) is 35.8 Å². The van der Waals surface area contributed by atoms with Crippen molar-refractivity contribution in [2.75, 3.05) is 27.2 Å². The second-order valence-electron chi connectivity index (χ2n) is 9.48. The maximum Gasteiger partial charge on any atom is 0.490 e. The zero-order valence-electron chi connectivity index (χ0n) is 22.9. The monoisotopic (exact) mass is 629 g/mol. The lowest BCUT2D eigenvalue weighted by Gasteiger charge is -2.19. The predicted molar refractivity (Wildman–Crippen MR) is 143 cm³/mol. The van der Waals surface area contributed by atoms with Crippen LogP contribution < -0.4 is 10.3 Å². The van der Waals surface area contributed by atoms with Crippen LogP contribution in [0.25, 0.3) is 22.0 Å². The number of H-pyrrole nitrogens is 2. The molecule has 0 unspecified atom stereocenters. The summed E-state index contributed by atoms with van der Waals surface area (Å²) in [5.41, 5.74) is 3.71. The summed E-state index contributed by atoms with van der Waals surface area (Å²) in [6.45, 7) is 1.76. The molecule has 0 amide bonds. The van der Waals surface area contributed by atoms with Gasteiger partial charge in [0.15, 0.2) is 0 Å². The number of aromatic amines is 2. The van der Waals surface area contributed by atoms with Gasteiger partial charge in [-0.3, -0.25) is 9.89 Å². The number of carbonyl (C=O) groups is 2. The first-order chi connectivity index (χ1) is 20.5. The number of ether oxygens (including phenoxy) is 1. The van der Waals surface area contributed by atoms with Crippen molar-refractivity contribution in [2.45, 2.75) is 24.2 Å². The molecule has 0 radical (unpaired) electrons. The Kier molecular flexibility index (Phi) is 10.4. The summed E-state index contributed by atoms with van der Waals surface area (Å²) in [6.07, 6.45) is -6.62. The van der Waals surface area contributed by atoms with Gasteiger partial charge in [0.1, 0.15) is 11.6 Å². The smallest absolute Gasteiger partial charge is 0.490 e. The Morgan fingerprint density at radius 3 is 2.00 bits per heavy atom. The highest BCUT2D eigenvalue weighted by molar-refractivity contribution is 5.83. The highest BCUT2D eigenvalue weighted by atomic mass is 19.4. The van der Waals surface area contributed by atoms with Crippen LogP contribution in [-0.2, 0) is 9.59 Å². The van der Waals surface area contributed by atoms with Crippen molar-refractivity contribution in [3.8, 4) is 16.9 Å². The summed E-state index contributed by atoms with van der Waals surface area (Å²) in [6, 6.07) is 13.9. The maximum absolute atomic E-state index is 12.9. The van der Waals surface area contributed by atoms with Crippen molar-refractivity contribution in [3.05, 3.63) is 76.6 Å².